The number of halogens is 3. The highest BCUT2D eigenvalue weighted by molar-refractivity contribution is 7.15. The molecular weight excluding hydrogens is 367 g/mol. The number of thiazole rings is 1. The third-order valence-electron chi connectivity index (χ3n) is 4.07. The lowest BCUT2D eigenvalue weighted by atomic mass is 10.2. The summed E-state index contributed by atoms with van der Waals surface area (Å²) in [5.74, 6) is 0.709. The van der Waals surface area contributed by atoms with Crippen LogP contribution in [-0.2, 0) is 6.18 Å². The van der Waals surface area contributed by atoms with Gasteiger partial charge in [0.2, 0.25) is 0 Å². The number of ether oxygens (including phenoxy) is 1. The number of anilines is 1. The topological polar surface area (TPSA) is 48.8 Å². The van der Waals surface area contributed by atoms with E-state index in [4.69, 9.17) is 4.74 Å². The summed E-state index contributed by atoms with van der Waals surface area (Å²) in [4.78, 5) is 7.14. The van der Waals surface area contributed by atoms with Gasteiger partial charge in [0, 0.05) is 32.7 Å². The normalized spacial score (nSPS) is 17.3. The van der Waals surface area contributed by atoms with Gasteiger partial charge in [-0.15, -0.1) is 0 Å². The molecule has 0 amide bonds. The van der Waals surface area contributed by atoms with Crippen LogP contribution < -0.4 is 9.64 Å². The van der Waals surface area contributed by atoms with Crippen molar-refractivity contribution in [1.82, 2.24) is 9.88 Å². The molecule has 5 nitrogen and oxygen atoms in total. The number of nitrogens with zero attached hydrogens (tertiary/aromatic N) is 3. The number of aromatic nitrogens is 1. The fourth-order valence-electron chi connectivity index (χ4n) is 2.72. The first-order chi connectivity index (χ1) is 12.4. The predicted octanol–water partition coefficient (Wildman–Crippen LogP) is 2.72. The first-order valence-corrected chi connectivity index (χ1v) is 9.10. The maximum atomic E-state index is 12.7. The Morgan fingerprint density at radius 2 is 1.85 bits per heavy atom. The van der Waals surface area contributed by atoms with Gasteiger partial charge in [-0.25, -0.2) is 4.98 Å². The summed E-state index contributed by atoms with van der Waals surface area (Å²) < 4.78 is 43.6. The fourth-order valence-corrected chi connectivity index (χ4v) is 3.56. The monoisotopic (exact) mass is 387 g/mol. The van der Waals surface area contributed by atoms with Gasteiger partial charge >= 0.3 is 6.18 Å². The van der Waals surface area contributed by atoms with Crippen LogP contribution >= 0.6 is 11.3 Å². The minimum atomic E-state index is -4.35. The van der Waals surface area contributed by atoms with E-state index in [-0.39, 0.29) is 6.61 Å². The highest BCUT2D eigenvalue weighted by Crippen LogP contribution is 2.36. The van der Waals surface area contributed by atoms with Crippen LogP contribution in [0.4, 0.5) is 18.3 Å². The molecular formula is C17H20F3N3O2S. The molecule has 0 aliphatic carbocycles. The molecule has 0 bridgehead atoms. The molecule has 1 saturated heterocycles. The molecule has 1 atom stereocenters. The van der Waals surface area contributed by atoms with E-state index in [0.717, 1.165) is 6.20 Å². The molecule has 9 heteroatoms. The highest BCUT2D eigenvalue weighted by atomic mass is 32.1. The van der Waals surface area contributed by atoms with Crippen LogP contribution in [-0.4, -0.2) is 60.4 Å². The zero-order chi connectivity index (χ0) is 18.6. The third kappa shape index (κ3) is 5.09. The Morgan fingerprint density at radius 3 is 2.46 bits per heavy atom. The van der Waals surface area contributed by atoms with Gasteiger partial charge in [0.15, 0.2) is 5.13 Å². The van der Waals surface area contributed by atoms with Crippen LogP contribution in [0, 0.1) is 0 Å². The molecule has 2 heterocycles. The van der Waals surface area contributed by atoms with E-state index in [1.165, 1.54) is 0 Å². The SMILES string of the molecule is OC(COc1ccccc1)CN1CCN(c2ncc(C(F)(F)F)s2)CC1. The lowest BCUT2D eigenvalue weighted by Crippen LogP contribution is -2.49. The molecule has 0 radical (unpaired) electrons. The summed E-state index contributed by atoms with van der Waals surface area (Å²) in [5, 5.41) is 10.5. The maximum Gasteiger partial charge on any atom is 0.427 e. The molecule has 0 spiro atoms. The number of benzene rings is 1. The first kappa shape index (κ1) is 18.9. The zero-order valence-electron chi connectivity index (χ0n) is 14.0. The summed E-state index contributed by atoms with van der Waals surface area (Å²) in [6.07, 6.45) is -4.09. The smallest absolute Gasteiger partial charge is 0.427 e. The third-order valence-corrected chi connectivity index (χ3v) is 5.17. The van der Waals surface area contributed by atoms with Crippen LogP contribution in [0.1, 0.15) is 4.88 Å². The molecule has 1 aliphatic heterocycles. The van der Waals surface area contributed by atoms with E-state index in [9.17, 15) is 18.3 Å². The van der Waals surface area contributed by atoms with Crippen molar-refractivity contribution >= 4 is 16.5 Å². The van der Waals surface area contributed by atoms with E-state index in [2.05, 4.69) is 9.88 Å². The average Bonchev–Trinajstić information content (AvgIpc) is 3.12. The number of alkyl halides is 3. The largest absolute Gasteiger partial charge is 0.491 e. The van der Waals surface area contributed by atoms with Crippen molar-refractivity contribution in [3.8, 4) is 5.75 Å². The molecule has 3 rings (SSSR count). The second kappa shape index (κ2) is 8.24. The van der Waals surface area contributed by atoms with Crippen LogP contribution in [0.15, 0.2) is 36.5 Å². The van der Waals surface area contributed by atoms with Crippen molar-refractivity contribution in [2.45, 2.75) is 12.3 Å². The van der Waals surface area contributed by atoms with E-state index in [1.54, 1.807) is 0 Å². The Balaban J connectivity index is 1.42. The molecule has 0 saturated carbocycles. The summed E-state index contributed by atoms with van der Waals surface area (Å²) >= 11 is 0.669. The number of aliphatic hydroxyl groups is 1. The lowest BCUT2D eigenvalue weighted by molar-refractivity contribution is -0.134. The van der Waals surface area contributed by atoms with E-state index in [1.807, 2.05) is 35.2 Å². The van der Waals surface area contributed by atoms with Crippen molar-refractivity contribution in [3.05, 3.63) is 41.4 Å². The molecule has 142 valence electrons. The van der Waals surface area contributed by atoms with Crippen molar-refractivity contribution in [1.29, 1.82) is 0 Å². The summed E-state index contributed by atoms with van der Waals surface area (Å²) in [6.45, 7) is 3.14. The predicted molar refractivity (Wildman–Crippen MR) is 93.7 cm³/mol. The van der Waals surface area contributed by atoms with Crippen molar-refractivity contribution < 1.29 is 23.0 Å². The molecule has 26 heavy (non-hydrogen) atoms. The van der Waals surface area contributed by atoms with Crippen LogP contribution in [0.5, 0.6) is 5.75 Å². The quantitative estimate of drug-likeness (QED) is 0.826. The molecule has 1 N–H and O–H groups in total. The Kier molecular flexibility index (Phi) is 6.00. The lowest BCUT2D eigenvalue weighted by Gasteiger charge is -2.35. The number of aliphatic hydroxyl groups excluding tert-OH is 1. The van der Waals surface area contributed by atoms with Crippen molar-refractivity contribution in [2.24, 2.45) is 0 Å². The van der Waals surface area contributed by atoms with E-state index in [0.29, 0.717) is 54.9 Å². The van der Waals surface area contributed by atoms with Gasteiger partial charge in [-0.1, -0.05) is 29.5 Å². The highest BCUT2D eigenvalue weighted by Gasteiger charge is 2.34. The van der Waals surface area contributed by atoms with Gasteiger partial charge < -0.3 is 14.7 Å². The van der Waals surface area contributed by atoms with E-state index >= 15 is 0 Å². The van der Waals surface area contributed by atoms with Gasteiger partial charge in [-0.3, -0.25) is 4.90 Å². The minimum absolute atomic E-state index is 0.200. The Labute approximate surface area is 153 Å². The number of hydrogen-bond acceptors (Lipinski definition) is 6. The number of hydrogen-bond donors (Lipinski definition) is 1. The van der Waals surface area contributed by atoms with Gasteiger partial charge in [0.1, 0.15) is 23.3 Å². The van der Waals surface area contributed by atoms with Gasteiger partial charge in [0.25, 0.3) is 0 Å². The minimum Gasteiger partial charge on any atom is -0.491 e. The zero-order valence-corrected chi connectivity index (χ0v) is 14.8. The van der Waals surface area contributed by atoms with Crippen LogP contribution in [0.3, 0.4) is 0 Å². The number of piperazine rings is 1. The molecule has 1 fully saturated rings. The molecule has 1 unspecified atom stereocenters. The van der Waals surface area contributed by atoms with E-state index < -0.39 is 17.2 Å². The fraction of sp³-hybridized carbons (Fsp3) is 0.471. The summed E-state index contributed by atoms with van der Waals surface area (Å²) in [5.41, 5.74) is 0. The molecule has 1 aromatic heterocycles. The summed E-state index contributed by atoms with van der Waals surface area (Å²) in [7, 11) is 0. The Hall–Kier alpha value is -1.84. The van der Waals surface area contributed by atoms with Gasteiger partial charge in [-0.2, -0.15) is 13.2 Å². The summed E-state index contributed by atoms with van der Waals surface area (Å²) in [6, 6.07) is 9.28. The van der Waals surface area contributed by atoms with Crippen LogP contribution in [0.25, 0.3) is 0 Å². The first-order valence-electron chi connectivity index (χ1n) is 8.28. The number of rotatable bonds is 6. The maximum absolute atomic E-state index is 12.7. The molecule has 1 aliphatic rings. The number of β-amino-alcohol motifs (C(OH)–C–C–N with tert-alkyl or cyclic N) is 1. The van der Waals surface area contributed by atoms with Crippen LogP contribution in [0.2, 0.25) is 0 Å². The van der Waals surface area contributed by atoms with Gasteiger partial charge in [-0.05, 0) is 12.1 Å². The standard InChI is InChI=1S/C17H20F3N3O2S/c18-17(19,20)15-10-21-16(26-15)23-8-6-22(7-9-23)11-13(24)12-25-14-4-2-1-3-5-14/h1-5,10,13,24H,6-9,11-12H2. The molecule has 1 aromatic carbocycles. The van der Waals surface area contributed by atoms with Crippen molar-refractivity contribution in [2.75, 3.05) is 44.2 Å². The second-order valence-electron chi connectivity index (χ2n) is 6.07. The average molecular weight is 387 g/mol. The van der Waals surface area contributed by atoms with Crippen molar-refractivity contribution in [3.63, 3.8) is 0 Å². The Morgan fingerprint density at radius 1 is 1.15 bits per heavy atom. The molecule has 2 aromatic rings. The van der Waals surface area contributed by atoms with Gasteiger partial charge in [0.05, 0.1) is 6.20 Å². The second-order valence-corrected chi connectivity index (χ2v) is 7.08. The Bertz CT molecular complexity index is 688. The number of para-hydroxylation sites is 1.